The number of rotatable bonds is 4. The highest BCUT2D eigenvalue weighted by atomic mass is 17.1. The molecule has 0 heterocycles. The van der Waals surface area contributed by atoms with Crippen LogP contribution in [0.15, 0.2) is 24.3 Å². The molecule has 14 heavy (non-hydrogen) atoms. The Labute approximate surface area is 85.5 Å². The summed E-state index contributed by atoms with van der Waals surface area (Å²) in [6, 6.07) is 8.40. The molecule has 0 bridgehead atoms. The Kier molecular flexibility index (Phi) is 4.11. The summed E-state index contributed by atoms with van der Waals surface area (Å²) in [6.45, 7) is 6.19. The predicted octanol–water partition coefficient (Wildman–Crippen LogP) is 3.23. The van der Waals surface area contributed by atoms with Crippen LogP contribution in [0.1, 0.15) is 37.8 Å². The predicted molar refractivity (Wildman–Crippen MR) is 57.4 cm³/mol. The van der Waals surface area contributed by atoms with E-state index in [2.05, 4.69) is 43.0 Å². The number of benzene rings is 1. The molecule has 2 heteroatoms. The molecule has 0 aliphatic carbocycles. The minimum Gasteiger partial charge on any atom is -0.252 e. The lowest BCUT2D eigenvalue weighted by molar-refractivity contribution is -0.273. The lowest BCUT2D eigenvalue weighted by Crippen LogP contribution is -2.09. The van der Waals surface area contributed by atoms with Crippen molar-refractivity contribution in [1.82, 2.24) is 0 Å². The van der Waals surface area contributed by atoms with Crippen LogP contribution in [0, 0.1) is 0 Å². The molecule has 1 atom stereocenters. The van der Waals surface area contributed by atoms with Crippen molar-refractivity contribution in [3.63, 3.8) is 0 Å². The van der Waals surface area contributed by atoms with E-state index in [-0.39, 0.29) is 6.10 Å². The first-order valence-electron chi connectivity index (χ1n) is 5.02. The second kappa shape index (κ2) is 5.13. The van der Waals surface area contributed by atoms with Gasteiger partial charge in [-0.3, -0.25) is 5.26 Å². The first kappa shape index (κ1) is 11.2. The Balaban J connectivity index is 2.73. The first-order valence-corrected chi connectivity index (χ1v) is 5.02. The second-order valence-corrected chi connectivity index (χ2v) is 4.02. The van der Waals surface area contributed by atoms with Gasteiger partial charge in [0.15, 0.2) is 0 Å². The van der Waals surface area contributed by atoms with Crippen LogP contribution in [0.2, 0.25) is 0 Å². The molecule has 0 radical (unpaired) electrons. The van der Waals surface area contributed by atoms with Crippen LogP contribution in [0.5, 0.6) is 0 Å². The Morgan fingerprint density at radius 2 is 2.00 bits per heavy atom. The largest absolute Gasteiger partial charge is 0.252 e. The fourth-order valence-electron chi connectivity index (χ4n) is 1.45. The van der Waals surface area contributed by atoms with Gasteiger partial charge in [-0.15, -0.1) is 0 Å². The van der Waals surface area contributed by atoms with Crippen molar-refractivity contribution in [2.24, 2.45) is 0 Å². The molecule has 78 valence electrons. The Bertz CT molecular complexity index is 281. The lowest BCUT2D eigenvalue weighted by Gasteiger charge is -2.10. The van der Waals surface area contributed by atoms with Crippen LogP contribution >= 0.6 is 0 Å². The second-order valence-electron chi connectivity index (χ2n) is 4.02. The molecule has 1 aromatic carbocycles. The molecule has 0 aliphatic heterocycles. The molecule has 1 unspecified atom stereocenters. The summed E-state index contributed by atoms with van der Waals surface area (Å²) in [5.41, 5.74) is 2.53. The van der Waals surface area contributed by atoms with Crippen LogP contribution in [-0.2, 0) is 11.3 Å². The standard InChI is InChI=1S/C12H18O2/c1-9(2)12-6-4-5-11(8-12)7-10(3)14-13/h4-6,8-10,13H,7H2,1-3H3. The SMILES string of the molecule is CC(Cc1cccc(C(C)C)c1)OO. The van der Waals surface area contributed by atoms with Gasteiger partial charge in [-0.25, -0.2) is 4.89 Å². The quantitative estimate of drug-likeness (QED) is 0.589. The third-order valence-corrected chi connectivity index (χ3v) is 2.32. The molecule has 0 fully saturated rings. The normalized spacial score (nSPS) is 13.2. The maximum atomic E-state index is 8.47. The maximum Gasteiger partial charge on any atom is 0.0939 e. The van der Waals surface area contributed by atoms with Gasteiger partial charge < -0.3 is 0 Å². The van der Waals surface area contributed by atoms with Crippen LogP contribution in [0.3, 0.4) is 0 Å². The highest BCUT2D eigenvalue weighted by Gasteiger charge is 2.05. The topological polar surface area (TPSA) is 29.5 Å². The Morgan fingerprint density at radius 3 is 2.57 bits per heavy atom. The molecule has 0 spiro atoms. The van der Waals surface area contributed by atoms with Gasteiger partial charge in [0.1, 0.15) is 0 Å². The molecule has 2 nitrogen and oxygen atoms in total. The van der Waals surface area contributed by atoms with Crippen LogP contribution in [0.4, 0.5) is 0 Å². The van der Waals surface area contributed by atoms with E-state index in [1.54, 1.807) is 0 Å². The Hall–Kier alpha value is -0.860. The van der Waals surface area contributed by atoms with Gasteiger partial charge in [-0.2, -0.15) is 0 Å². The zero-order valence-electron chi connectivity index (χ0n) is 9.03. The van der Waals surface area contributed by atoms with Crippen LogP contribution in [-0.4, -0.2) is 11.4 Å². The van der Waals surface area contributed by atoms with Crippen LogP contribution < -0.4 is 0 Å². The monoisotopic (exact) mass is 194 g/mol. The van der Waals surface area contributed by atoms with E-state index in [1.165, 1.54) is 11.1 Å². The minimum atomic E-state index is -0.141. The first-order chi connectivity index (χ1) is 6.63. The molecular formula is C12H18O2. The third-order valence-electron chi connectivity index (χ3n) is 2.32. The highest BCUT2D eigenvalue weighted by molar-refractivity contribution is 5.26. The summed E-state index contributed by atoms with van der Waals surface area (Å²) < 4.78 is 0. The van der Waals surface area contributed by atoms with Gasteiger partial charge >= 0.3 is 0 Å². The molecule has 0 amide bonds. The maximum absolute atomic E-state index is 8.47. The smallest absolute Gasteiger partial charge is 0.0939 e. The molecular weight excluding hydrogens is 176 g/mol. The molecule has 1 rings (SSSR count). The van der Waals surface area contributed by atoms with E-state index in [1.807, 2.05) is 6.92 Å². The zero-order valence-corrected chi connectivity index (χ0v) is 9.03. The van der Waals surface area contributed by atoms with E-state index in [4.69, 9.17) is 5.26 Å². The zero-order chi connectivity index (χ0) is 10.6. The van der Waals surface area contributed by atoms with E-state index < -0.39 is 0 Å². The summed E-state index contributed by atoms with van der Waals surface area (Å²) in [5, 5.41) is 8.47. The average Bonchev–Trinajstić information content (AvgIpc) is 2.18. The fourth-order valence-corrected chi connectivity index (χ4v) is 1.45. The average molecular weight is 194 g/mol. The van der Waals surface area contributed by atoms with Gasteiger partial charge in [0.25, 0.3) is 0 Å². The molecule has 1 N–H and O–H groups in total. The number of hydrogen-bond acceptors (Lipinski definition) is 2. The molecule has 1 aromatic rings. The van der Waals surface area contributed by atoms with Gasteiger partial charge in [0.05, 0.1) is 6.10 Å². The molecule has 0 saturated heterocycles. The van der Waals surface area contributed by atoms with Crippen molar-refractivity contribution >= 4 is 0 Å². The van der Waals surface area contributed by atoms with E-state index >= 15 is 0 Å². The van der Waals surface area contributed by atoms with Gasteiger partial charge in [-0.05, 0) is 24.0 Å². The van der Waals surface area contributed by atoms with E-state index in [9.17, 15) is 0 Å². The summed E-state index contributed by atoms with van der Waals surface area (Å²) in [5.74, 6) is 0.542. The van der Waals surface area contributed by atoms with E-state index in [0.717, 1.165) is 6.42 Å². The van der Waals surface area contributed by atoms with Crippen molar-refractivity contribution in [3.8, 4) is 0 Å². The highest BCUT2D eigenvalue weighted by Crippen LogP contribution is 2.16. The summed E-state index contributed by atoms with van der Waals surface area (Å²) in [6.07, 6.45) is 0.606. The molecule has 0 saturated carbocycles. The fraction of sp³-hybridized carbons (Fsp3) is 0.500. The Morgan fingerprint density at radius 1 is 1.29 bits per heavy atom. The van der Waals surface area contributed by atoms with Crippen molar-refractivity contribution in [1.29, 1.82) is 0 Å². The van der Waals surface area contributed by atoms with Crippen molar-refractivity contribution in [2.75, 3.05) is 0 Å². The number of hydrogen-bond donors (Lipinski definition) is 1. The van der Waals surface area contributed by atoms with Crippen molar-refractivity contribution in [2.45, 2.75) is 39.2 Å². The van der Waals surface area contributed by atoms with E-state index in [0.29, 0.717) is 5.92 Å². The van der Waals surface area contributed by atoms with Crippen molar-refractivity contribution in [3.05, 3.63) is 35.4 Å². The molecule has 0 aromatic heterocycles. The lowest BCUT2D eigenvalue weighted by atomic mass is 9.99. The van der Waals surface area contributed by atoms with Gasteiger partial charge in [-0.1, -0.05) is 38.1 Å². The molecule has 0 aliphatic rings. The minimum absolute atomic E-state index is 0.141. The van der Waals surface area contributed by atoms with Gasteiger partial charge in [0, 0.05) is 6.42 Å². The van der Waals surface area contributed by atoms with Crippen LogP contribution in [0.25, 0.3) is 0 Å². The summed E-state index contributed by atoms with van der Waals surface area (Å²) in [4.78, 5) is 4.25. The third kappa shape index (κ3) is 3.13. The summed E-state index contributed by atoms with van der Waals surface area (Å²) >= 11 is 0. The van der Waals surface area contributed by atoms with Gasteiger partial charge in [0.2, 0.25) is 0 Å². The van der Waals surface area contributed by atoms with Crippen molar-refractivity contribution < 1.29 is 10.1 Å². The summed E-state index contributed by atoms with van der Waals surface area (Å²) in [7, 11) is 0.